The van der Waals surface area contributed by atoms with Crippen LogP contribution in [0.3, 0.4) is 0 Å². The maximum absolute atomic E-state index is 5.36. The van der Waals surface area contributed by atoms with Gasteiger partial charge in [0.25, 0.3) is 0 Å². The predicted octanol–water partition coefficient (Wildman–Crippen LogP) is 1.35. The molecular weight excluding hydrogens is 350 g/mol. The average Bonchev–Trinajstić information content (AvgIpc) is 2.49. The number of quaternary nitrogens is 1. The standard InChI is InChI=1S/C15H22BrN3OS/c1-12-11-13(3-4-14(12)16)18-15(21)17-5-2-6-19-7-9-20-10-8-19/h3-4,11H,2,5-10H2,1H3,(H2,17,18,21)/p+1. The summed E-state index contributed by atoms with van der Waals surface area (Å²) in [5.41, 5.74) is 2.21. The van der Waals surface area contributed by atoms with Crippen molar-refractivity contribution in [2.45, 2.75) is 13.3 Å². The van der Waals surface area contributed by atoms with Gasteiger partial charge in [0.05, 0.1) is 19.8 Å². The molecule has 0 aromatic heterocycles. The van der Waals surface area contributed by atoms with E-state index in [1.807, 2.05) is 12.1 Å². The van der Waals surface area contributed by atoms with Crippen molar-refractivity contribution in [3.63, 3.8) is 0 Å². The third-order valence-electron chi connectivity index (χ3n) is 3.61. The summed E-state index contributed by atoms with van der Waals surface area (Å²) >= 11 is 8.82. The summed E-state index contributed by atoms with van der Waals surface area (Å²) in [6, 6.07) is 6.13. The third kappa shape index (κ3) is 5.90. The number of halogens is 1. The van der Waals surface area contributed by atoms with Gasteiger partial charge < -0.3 is 20.3 Å². The second kappa shape index (κ2) is 8.68. The van der Waals surface area contributed by atoms with Crippen LogP contribution in [0.1, 0.15) is 12.0 Å². The number of rotatable bonds is 5. The lowest BCUT2D eigenvalue weighted by Crippen LogP contribution is -3.14. The van der Waals surface area contributed by atoms with E-state index in [4.69, 9.17) is 17.0 Å². The van der Waals surface area contributed by atoms with Crippen LogP contribution in [-0.2, 0) is 4.74 Å². The molecule has 21 heavy (non-hydrogen) atoms. The summed E-state index contributed by atoms with van der Waals surface area (Å²) in [6.07, 6.45) is 1.12. The Balaban J connectivity index is 1.63. The lowest BCUT2D eigenvalue weighted by molar-refractivity contribution is -0.908. The summed E-state index contributed by atoms with van der Waals surface area (Å²) in [4.78, 5) is 1.63. The molecule has 0 aliphatic carbocycles. The van der Waals surface area contributed by atoms with Crippen LogP contribution >= 0.6 is 28.1 Å². The Labute approximate surface area is 140 Å². The largest absolute Gasteiger partial charge is 0.370 e. The van der Waals surface area contributed by atoms with E-state index in [1.165, 1.54) is 12.1 Å². The molecule has 4 nitrogen and oxygen atoms in total. The predicted molar refractivity (Wildman–Crippen MR) is 94.1 cm³/mol. The first-order chi connectivity index (χ1) is 10.1. The van der Waals surface area contributed by atoms with E-state index in [2.05, 4.69) is 39.6 Å². The van der Waals surface area contributed by atoms with Crippen LogP contribution in [0.25, 0.3) is 0 Å². The van der Waals surface area contributed by atoms with Gasteiger partial charge in [0, 0.05) is 23.1 Å². The van der Waals surface area contributed by atoms with Crippen LogP contribution in [0, 0.1) is 6.92 Å². The topological polar surface area (TPSA) is 37.7 Å². The molecule has 1 aromatic carbocycles. The summed E-state index contributed by atoms with van der Waals surface area (Å²) in [5, 5.41) is 7.18. The van der Waals surface area contributed by atoms with Crippen molar-refractivity contribution in [3.05, 3.63) is 28.2 Å². The normalized spacial score (nSPS) is 15.7. The molecule has 1 aliphatic heterocycles. The van der Waals surface area contributed by atoms with Crippen molar-refractivity contribution in [3.8, 4) is 0 Å². The van der Waals surface area contributed by atoms with Crippen molar-refractivity contribution >= 4 is 38.9 Å². The van der Waals surface area contributed by atoms with Gasteiger partial charge in [0.2, 0.25) is 0 Å². The molecular formula is C15H23BrN3OS+. The number of anilines is 1. The average molecular weight is 373 g/mol. The van der Waals surface area contributed by atoms with Gasteiger partial charge >= 0.3 is 0 Å². The SMILES string of the molecule is Cc1cc(NC(=S)NCCC[NH+]2CCOCC2)ccc1Br. The molecule has 1 heterocycles. The number of nitrogens with one attached hydrogen (secondary N) is 3. The highest BCUT2D eigenvalue weighted by molar-refractivity contribution is 9.10. The monoisotopic (exact) mass is 372 g/mol. The zero-order chi connectivity index (χ0) is 15.1. The van der Waals surface area contributed by atoms with Crippen LogP contribution in [-0.4, -0.2) is 44.5 Å². The van der Waals surface area contributed by atoms with Crippen molar-refractivity contribution < 1.29 is 9.64 Å². The highest BCUT2D eigenvalue weighted by Gasteiger charge is 2.12. The van der Waals surface area contributed by atoms with Crippen molar-refractivity contribution in [2.75, 3.05) is 44.7 Å². The van der Waals surface area contributed by atoms with Gasteiger partial charge in [-0.15, -0.1) is 0 Å². The van der Waals surface area contributed by atoms with Crippen molar-refractivity contribution in [1.82, 2.24) is 5.32 Å². The van der Waals surface area contributed by atoms with Crippen molar-refractivity contribution in [1.29, 1.82) is 0 Å². The Morgan fingerprint density at radius 1 is 1.38 bits per heavy atom. The molecule has 6 heteroatoms. The Bertz CT molecular complexity index is 478. The smallest absolute Gasteiger partial charge is 0.170 e. The minimum absolute atomic E-state index is 0.689. The summed E-state index contributed by atoms with van der Waals surface area (Å²) in [6.45, 7) is 8.19. The molecule has 0 spiro atoms. The number of thiocarbonyl (C=S) groups is 1. The maximum Gasteiger partial charge on any atom is 0.170 e. The fourth-order valence-electron chi connectivity index (χ4n) is 2.35. The minimum atomic E-state index is 0.689. The van der Waals surface area contributed by atoms with E-state index in [1.54, 1.807) is 4.90 Å². The molecule has 1 fully saturated rings. The van der Waals surface area contributed by atoms with E-state index in [0.717, 1.165) is 49.4 Å². The quantitative estimate of drug-likeness (QED) is 0.538. The summed E-state index contributed by atoms with van der Waals surface area (Å²) < 4.78 is 6.47. The highest BCUT2D eigenvalue weighted by atomic mass is 79.9. The first-order valence-corrected chi connectivity index (χ1v) is 8.57. The van der Waals surface area contributed by atoms with Gasteiger partial charge in [-0.25, -0.2) is 0 Å². The molecule has 0 bridgehead atoms. The van der Waals surface area contributed by atoms with E-state index in [0.29, 0.717) is 5.11 Å². The molecule has 2 rings (SSSR count). The number of benzene rings is 1. The third-order valence-corrected chi connectivity index (χ3v) is 4.74. The fourth-order valence-corrected chi connectivity index (χ4v) is 2.81. The summed E-state index contributed by atoms with van der Waals surface area (Å²) in [5.74, 6) is 0. The highest BCUT2D eigenvalue weighted by Crippen LogP contribution is 2.19. The molecule has 0 unspecified atom stereocenters. The van der Waals surface area contributed by atoms with Gasteiger partial charge in [-0.05, 0) is 42.9 Å². The van der Waals surface area contributed by atoms with Crippen LogP contribution in [0.2, 0.25) is 0 Å². The number of ether oxygens (including phenoxy) is 1. The molecule has 0 atom stereocenters. The summed E-state index contributed by atoms with van der Waals surface area (Å²) in [7, 11) is 0. The second-order valence-corrected chi connectivity index (χ2v) is 6.57. The van der Waals surface area contributed by atoms with Crippen LogP contribution in [0.4, 0.5) is 5.69 Å². The number of aryl methyl sites for hydroxylation is 1. The zero-order valence-corrected chi connectivity index (χ0v) is 14.8. The van der Waals surface area contributed by atoms with Gasteiger partial charge in [0.1, 0.15) is 13.1 Å². The van der Waals surface area contributed by atoms with E-state index in [9.17, 15) is 0 Å². The molecule has 0 saturated carbocycles. The maximum atomic E-state index is 5.36. The van der Waals surface area contributed by atoms with Gasteiger partial charge in [-0.2, -0.15) is 0 Å². The Morgan fingerprint density at radius 2 is 2.14 bits per heavy atom. The molecule has 0 radical (unpaired) electrons. The molecule has 1 aromatic rings. The van der Waals surface area contributed by atoms with Gasteiger partial charge in [-0.3, -0.25) is 0 Å². The Kier molecular flexibility index (Phi) is 6.89. The first-order valence-electron chi connectivity index (χ1n) is 7.37. The first kappa shape index (κ1) is 16.7. The van der Waals surface area contributed by atoms with Crippen LogP contribution < -0.4 is 15.5 Å². The molecule has 3 N–H and O–H groups in total. The van der Waals surface area contributed by atoms with Crippen LogP contribution in [0.5, 0.6) is 0 Å². The molecule has 1 aliphatic rings. The van der Waals surface area contributed by atoms with E-state index in [-0.39, 0.29) is 0 Å². The van der Waals surface area contributed by atoms with Gasteiger partial charge in [-0.1, -0.05) is 15.9 Å². The fraction of sp³-hybridized carbons (Fsp3) is 0.533. The van der Waals surface area contributed by atoms with Crippen molar-refractivity contribution in [2.24, 2.45) is 0 Å². The second-order valence-electron chi connectivity index (χ2n) is 5.31. The molecule has 0 amide bonds. The molecule has 1 saturated heterocycles. The van der Waals surface area contributed by atoms with Gasteiger partial charge in [0.15, 0.2) is 5.11 Å². The molecule has 116 valence electrons. The van der Waals surface area contributed by atoms with Crippen LogP contribution in [0.15, 0.2) is 22.7 Å². The van der Waals surface area contributed by atoms with E-state index >= 15 is 0 Å². The zero-order valence-electron chi connectivity index (χ0n) is 12.4. The minimum Gasteiger partial charge on any atom is -0.370 e. The number of hydrogen-bond donors (Lipinski definition) is 3. The lowest BCUT2D eigenvalue weighted by atomic mass is 10.2. The number of morpholine rings is 1. The number of hydrogen-bond acceptors (Lipinski definition) is 2. The van der Waals surface area contributed by atoms with E-state index < -0.39 is 0 Å². The Morgan fingerprint density at radius 3 is 2.86 bits per heavy atom. The lowest BCUT2D eigenvalue weighted by Gasteiger charge is -2.23. The Hall–Kier alpha value is -0.690.